The van der Waals surface area contributed by atoms with Crippen LogP contribution in [0.3, 0.4) is 0 Å². The standard InChI is InChI=1S/C8H17O2/c1-5-7(9)10-6-8(2,3)4/h7H,5-6H2,1-4H3. The van der Waals surface area contributed by atoms with Gasteiger partial charge in [-0.1, -0.05) is 27.7 Å². The van der Waals surface area contributed by atoms with Crippen LogP contribution in [0.25, 0.3) is 0 Å². The molecule has 1 unspecified atom stereocenters. The van der Waals surface area contributed by atoms with E-state index in [4.69, 9.17) is 4.74 Å². The second kappa shape index (κ2) is 3.94. The van der Waals surface area contributed by atoms with Crippen LogP contribution in [0.4, 0.5) is 0 Å². The Kier molecular flexibility index (Phi) is 3.91. The lowest BCUT2D eigenvalue weighted by atomic mass is 9.99. The van der Waals surface area contributed by atoms with E-state index in [1.165, 1.54) is 0 Å². The monoisotopic (exact) mass is 145 g/mol. The van der Waals surface area contributed by atoms with Gasteiger partial charge in [0.05, 0.1) is 6.61 Å². The van der Waals surface area contributed by atoms with Gasteiger partial charge in [0.2, 0.25) is 0 Å². The van der Waals surface area contributed by atoms with Crippen LogP contribution in [0.1, 0.15) is 34.1 Å². The quantitative estimate of drug-likeness (QED) is 0.560. The lowest BCUT2D eigenvalue weighted by Crippen LogP contribution is -2.19. The molecule has 0 aromatic carbocycles. The first-order chi connectivity index (χ1) is 4.45. The van der Waals surface area contributed by atoms with Gasteiger partial charge < -0.3 is 4.74 Å². The summed E-state index contributed by atoms with van der Waals surface area (Å²) >= 11 is 0. The van der Waals surface area contributed by atoms with E-state index in [1.807, 2.05) is 6.92 Å². The summed E-state index contributed by atoms with van der Waals surface area (Å²) in [5.74, 6) is 0. The predicted molar refractivity (Wildman–Crippen MR) is 40.2 cm³/mol. The van der Waals surface area contributed by atoms with Crippen LogP contribution in [0, 0.1) is 5.41 Å². The molecule has 0 spiro atoms. The van der Waals surface area contributed by atoms with Gasteiger partial charge in [-0.3, -0.25) is 0 Å². The fourth-order valence-electron chi connectivity index (χ4n) is 0.461. The van der Waals surface area contributed by atoms with E-state index >= 15 is 0 Å². The molecule has 61 valence electrons. The topological polar surface area (TPSA) is 29.1 Å². The van der Waals surface area contributed by atoms with Crippen molar-refractivity contribution in [3.05, 3.63) is 0 Å². The summed E-state index contributed by atoms with van der Waals surface area (Å²) in [6, 6.07) is 0. The van der Waals surface area contributed by atoms with Crippen LogP contribution in [-0.2, 0) is 9.84 Å². The van der Waals surface area contributed by atoms with Crippen LogP contribution in [0.15, 0.2) is 0 Å². The normalized spacial score (nSPS) is 15.3. The molecule has 0 saturated carbocycles. The molecule has 2 heteroatoms. The second-order valence-electron chi connectivity index (χ2n) is 3.71. The Bertz CT molecular complexity index is 83.7. The van der Waals surface area contributed by atoms with Crippen LogP contribution in [0.5, 0.6) is 0 Å². The van der Waals surface area contributed by atoms with Gasteiger partial charge in [0, 0.05) is 0 Å². The molecule has 0 bridgehead atoms. The molecule has 0 fully saturated rings. The largest absolute Gasteiger partial charge is 0.349 e. The molecule has 0 rings (SSSR count). The molecule has 0 amide bonds. The van der Waals surface area contributed by atoms with E-state index < -0.39 is 6.29 Å². The van der Waals surface area contributed by atoms with E-state index in [1.54, 1.807) is 0 Å². The summed E-state index contributed by atoms with van der Waals surface area (Å²) in [6.45, 7) is 8.54. The molecule has 0 saturated heterocycles. The van der Waals surface area contributed by atoms with Crippen molar-refractivity contribution in [1.82, 2.24) is 0 Å². The number of rotatable bonds is 3. The molecule has 2 nitrogen and oxygen atoms in total. The predicted octanol–water partition coefficient (Wildman–Crippen LogP) is 2.22. The Hall–Kier alpha value is -0.0800. The fraction of sp³-hybridized carbons (Fsp3) is 1.00. The summed E-state index contributed by atoms with van der Waals surface area (Å²) in [7, 11) is 0. The maximum absolute atomic E-state index is 10.7. The van der Waals surface area contributed by atoms with Gasteiger partial charge in [-0.05, 0) is 11.8 Å². The Balaban J connectivity index is 3.36. The van der Waals surface area contributed by atoms with Crippen LogP contribution in [0.2, 0.25) is 0 Å². The van der Waals surface area contributed by atoms with Gasteiger partial charge in [0.15, 0.2) is 6.29 Å². The van der Waals surface area contributed by atoms with Crippen LogP contribution >= 0.6 is 0 Å². The van der Waals surface area contributed by atoms with E-state index in [-0.39, 0.29) is 5.41 Å². The number of hydrogen-bond acceptors (Lipinski definition) is 1. The molecule has 0 heterocycles. The minimum absolute atomic E-state index is 0.109. The van der Waals surface area contributed by atoms with E-state index in [0.29, 0.717) is 13.0 Å². The first-order valence-corrected chi connectivity index (χ1v) is 3.73. The molecule has 0 N–H and O–H groups in total. The summed E-state index contributed by atoms with van der Waals surface area (Å²) in [4.78, 5) is 0. The molecular weight excluding hydrogens is 128 g/mol. The van der Waals surface area contributed by atoms with Gasteiger partial charge in [0.1, 0.15) is 0 Å². The van der Waals surface area contributed by atoms with Crippen molar-refractivity contribution < 1.29 is 9.84 Å². The van der Waals surface area contributed by atoms with Crippen molar-refractivity contribution in [2.24, 2.45) is 5.41 Å². The van der Waals surface area contributed by atoms with Crippen molar-refractivity contribution in [1.29, 1.82) is 0 Å². The molecule has 10 heavy (non-hydrogen) atoms. The van der Waals surface area contributed by atoms with Crippen LogP contribution in [-0.4, -0.2) is 12.9 Å². The zero-order valence-corrected chi connectivity index (χ0v) is 7.31. The zero-order valence-electron chi connectivity index (χ0n) is 7.31. The van der Waals surface area contributed by atoms with Gasteiger partial charge in [-0.2, -0.15) is 0 Å². The molecular formula is C8H17O2. The Labute approximate surface area is 63.2 Å². The van der Waals surface area contributed by atoms with E-state index in [2.05, 4.69) is 20.8 Å². The second-order valence-corrected chi connectivity index (χ2v) is 3.71. The average molecular weight is 145 g/mol. The molecule has 0 aromatic rings. The van der Waals surface area contributed by atoms with Crippen molar-refractivity contribution in [3.63, 3.8) is 0 Å². The highest BCUT2D eigenvalue weighted by atomic mass is 16.6. The van der Waals surface area contributed by atoms with Gasteiger partial charge >= 0.3 is 0 Å². The third-order valence-electron chi connectivity index (χ3n) is 1.04. The van der Waals surface area contributed by atoms with Crippen molar-refractivity contribution in [2.75, 3.05) is 6.61 Å². The molecule has 1 atom stereocenters. The first-order valence-electron chi connectivity index (χ1n) is 3.73. The third-order valence-corrected chi connectivity index (χ3v) is 1.04. The van der Waals surface area contributed by atoms with E-state index in [0.717, 1.165) is 0 Å². The lowest BCUT2D eigenvalue weighted by molar-refractivity contribution is -0.155. The minimum Gasteiger partial charge on any atom is -0.349 e. The summed E-state index contributed by atoms with van der Waals surface area (Å²) in [5.41, 5.74) is 0.109. The van der Waals surface area contributed by atoms with Crippen molar-refractivity contribution in [2.45, 2.75) is 40.4 Å². The maximum atomic E-state index is 10.7. The van der Waals surface area contributed by atoms with Crippen molar-refractivity contribution in [3.8, 4) is 0 Å². The maximum Gasteiger partial charge on any atom is 0.191 e. The Morgan fingerprint density at radius 2 is 1.90 bits per heavy atom. The SMILES string of the molecule is CCC([O])OCC(C)(C)C. The van der Waals surface area contributed by atoms with Gasteiger partial charge in [0.25, 0.3) is 0 Å². The Morgan fingerprint density at radius 1 is 1.40 bits per heavy atom. The molecule has 0 aliphatic rings. The molecule has 0 aliphatic heterocycles. The lowest BCUT2D eigenvalue weighted by Gasteiger charge is -2.19. The Morgan fingerprint density at radius 3 is 2.20 bits per heavy atom. The first kappa shape index (κ1) is 9.92. The smallest absolute Gasteiger partial charge is 0.191 e. The van der Waals surface area contributed by atoms with Gasteiger partial charge in [-0.25, -0.2) is 5.11 Å². The van der Waals surface area contributed by atoms with Crippen molar-refractivity contribution >= 4 is 0 Å². The highest BCUT2D eigenvalue weighted by Gasteiger charge is 2.12. The molecule has 0 aliphatic carbocycles. The summed E-state index contributed by atoms with van der Waals surface area (Å²) in [5, 5.41) is 10.7. The third kappa shape index (κ3) is 6.05. The summed E-state index contributed by atoms with van der Waals surface area (Å²) < 4.78 is 5.00. The molecule has 0 aromatic heterocycles. The van der Waals surface area contributed by atoms with Crippen LogP contribution < -0.4 is 0 Å². The minimum atomic E-state index is -0.834. The highest BCUT2D eigenvalue weighted by Crippen LogP contribution is 2.14. The zero-order chi connectivity index (χ0) is 8.20. The van der Waals surface area contributed by atoms with Gasteiger partial charge in [-0.15, -0.1) is 0 Å². The average Bonchev–Trinajstić information content (AvgIpc) is 1.81. The highest BCUT2D eigenvalue weighted by molar-refractivity contribution is 4.58. The molecule has 1 radical (unpaired) electrons. The number of hydrogen-bond donors (Lipinski definition) is 0. The van der Waals surface area contributed by atoms with E-state index in [9.17, 15) is 5.11 Å². The summed E-state index contributed by atoms with van der Waals surface area (Å²) in [6.07, 6.45) is -0.282. The number of ether oxygens (including phenoxy) is 1. The fourth-order valence-corrected chi connectivity index (χ4v) is 0.461.